The fraction of sp³-hybridized carbons (Fsp3) is 0.458. The molecule has 1 amide bonds. The van der Waals surface area contributed by atoms with Crippen molar-refractivity contribution in [2.45, 2.75) is 38.6 Å². The van der Waals surface area contributed by atoms with Crippen LogP contribution in [0.3, 0.4) is 0 Å². The first-order chi connectivity index (χ1) is 13.3. The van der Waals surface area contributed by atoms with E-state index >= 15 is 0 Å². The SMILES string of the molecule is O=C(CCN1CCC(Cc2ccccc2)CC1)N1CCc2ccccc2C1. The van der Waals surface area contributed by atoms with Crippen LogP contribution in [0.15, 0.2) is 54.6 Å². The van der Waals surface area contributed by atoms with E-state index in [2.05, 4.69) is 59.5 Å². The second-order valence-corrected chi connectivity index (χ2v) is 8.06. The highest BCUT2D eigenvalue weighted by molar-refractivity contribution is 5.76. The predicted molar refractivity (Wildman–Crippen MR) is 109 cm³/mol. The third kappa shape index (κ3) is 4.78. The molecule has 0 saturated carbocycles. The van der Waals surface area contributed by atoms with Crippen LogP contribution in [-0.4, -0.2) is 41.9 Å². The Kier molecular flexibility index (Phi) is 5.88. The van der Waals surface area contributed by atoms with Crippen molar-refractivity contribution < 1.29 is 4.79 Å². The van der Waals surface area contributed by atoms with Crippen molar-refractivity contribution >= 4 is 5.91 Å². The summed E-state index contributed by atoms with van der Waals surface area (Å²) in [6.45, 7) is 4.83. The normalized spacial score (nSPS) is 18.3. The molecule has 0 bridgehead atoms. The number of fused-ring (bicyclic) bond motifs is 1. The third-order valence-corrected chi connectivity index (χ3v) is 6.20. The van der Waals surface area contributed by atoms with Crippen molar-refractivity contribution in [1.29, 1.82) is 0 Å². The molecule has 2 aliphatic rings. The van der Waals surface area contributed by atoms with Gasteiger partial charge in [-0.05, 0) is 61.4 Å². The number of carbonyl (C=O) groups excluding carboxylic acids is 1. The van der Waals surface area contributed by atoms with E-state index in [1.807, 2.05) is 4.90 Å². The van der Waals surface area contributed by atoms with Gasteiger partial charge >= 0.3 is 0 Å². The molecule has 1 saturated heterocycles. The summed E-state index contributed by atoms with van der Waals surface area (Å²) in [4.78, 5) is 17.2. The van der Waals surface area contributed by atoms with Gasteiger partial charge in [-0.25, -0.2) is 0 Å². The van der Waals surface area contributed by atoms with Gasteiger partial charge in [-0.2, -0.15) is 0 Å². The van der Waals surface area contributed by atoms with Crippen molar-refractivity contribution in [3.8, 4) is 0 Å². The van der Waals surface area contributed by atoms with E-state index in [1.54, 1.807) is 0 Å². The first-order valence-corrected chi connectivity index (χ1v) is 10.4. The molecule has 2 aromatic rings. The summed E-state index contributed by atoms with van der Waals surface area (Å²) in [5.41, 5.74) is 4.18. The molecule has 0 spiro atoms. The van der Waals surface area contributed by atoms with Gasteiger partial charge in [0.05, 0.1) is 0 Å². The number of likely N-dealkylation sites (tertiary alicyclic amines) is 1. The Balaban J connectivity index is 1.19. The number of piperidine rings is 1. The van der Waals surface area contributed by atoms with E-state index in [0.717, 1.165) is 45.1 Å². The highest BCUT2D eigenvalue weighted by Gasteiger charge is 2.23. The fourth-order valence-electron chi connectivity index (χ4n) is 4.48. The second kappa shape index (κ2) is 8.71. The topological polar surface area (TPSA) is 23.6 Å². The predicted octanol–water partition coefficient (Wildman–Crippen LogP) is 3.92. The van der Waals surface area contributed by atoms with Crippen LogP contribution in [0, 0.1) is 5.92 Å². The van der Waals surface area contributed by atoms with E-state index in [4.69, 9.17) is 0 Å². The molecule has 4 rings (SSSR count). The minimum absolute atomic E-state index is 0.316. The lowest BCUT2D eigenvalue weighted by molar-refractivity contribution is -0.132. The van der Waals surface area contributed by atoms with Crippen LogP contribution in [0.2, 0.25) is 0 Å². The molecule has 2 heterocycles. The Morgan fingerprint density at radius 1 is 0.889 bits per heavy atom. The molecule has 0 N–H and O–H groups in total. The zero-order valence-electron chi connectivity index (χ0n) is 16.1. The maximum Gasteiger partial charge on any atom is 0.224 e. The second-order valence-electron chi connectivity index (χ2n) is 8.06. The van der Waals surface area contributed by atoms with E-state index in [9.17, 15) is 4.79 Å². The van der Waals surface area contributed by atoms with Gasteiger partial charge in [0.15, 0.2) is 0 Å². The summed E-state index contributed by atoms with van der Waals surface area (Å²) in [5.74, 6) is 1.11. The molecular weight excluding hydrogens is 332 g/mol. The van der Waals surface area contributed by atoms with Crippen LogP contribution in [0.25, 0.3) is 0 Å². The quantitative estimate of drug-likeness (QED) is 0.805. The number of nitrogens with zero attached hydrogens (tertiary/aromatic N) is 2. The van der Waals surface area contributed by atoms with Crippen molar-refractivity contribution in [3.63, 3.8) is 0 Å². The maximum atomic E-state index is 12.7. The van der Waals surface area contributed by atoms with Gasteiger partial charge in [0.2, 0.25) is 5.91 Å². The average molecular weight is 363 g/mol. The first-order valence-electron chi connectivity index (χ1n) is 10.4. The Morgan fingerprint density at radius 2 is 1.59 bits per heavy atom. The Labute approximate surface area is 163 Å². The maximum absolute atomic E-state index is 12.7. The molecule has 0 atom stereocenters. The third-order valence-electron chi connectivity index (χ3n) is 6.20. The van der Waals surface area contributed by atoms with Crippen LogP contribution >= 0.6 is 0 Å². The monoisotopic (exact) mass is 362 g/mol. The van der Waals surface area contributed by atoms with Crippen molar-refractivity contribution in [2.24, 2.45) is 5.92 Å². The van der Waals surface area contributed by atoms with Gasteiger partial charge in [-0.15, -0.1) is 0 Å². The van der Waals surface area contributed by atoms with Gasteiger partial charge in [0.1, 0.15) is 0 Å². The molecule has 0 radical (unpaired) electrons. The standard InChI is InChI=1S/C24H30N2O/c27-24(26-17-12-22-8-4-5-9-23(22)19-26)13-16-25-14-10-21(11-15-25)18-20-6-2-1-3-7-20/h1-9,21H,10-19H2. The van der Waals surface area contributed by atoms with Gasteiger partial charge in [-0.1, -0.05) is 54.6 Å². The van der Waals surface area contributed by atoms with E-state index in [1.165, 1.54) is 36.0 Å². The average Bonchev–Trinajstić information content (AvgIpc) is 2.73. The number of hydrogen-bond donors (Lipinski definition) is 0. The van der Waals surface area contributed by atoms with Gasteiger partial charge in [-0.3, -0.25) is 4.79 Å². The van der Waals surface area contributed by atoms with Crippen molar-refractivity contribution in [1.82, 2.24) is 9.80 Å². The number of amides is 1. The molecule has 3 heteroatoms. The Bertz CT molecular complexity index is 750. The van der Waals surface area contributed by atoms with Gasteiger partial charge < -0.3 is 9.80 Å². The summed E-state index contributed by atoms with van der Waals surface area (Å²) in [5, 5.41) is 0. The highest BCUT2D eigenvalue weighted by Crippen LogP contribution is 2.22. The van der Waals surface area contributed by atoms with Crippen LogP contribution in [-0.2, 0) is 24.2 Å². The molecule has 2 aromatic carbocycles. The van der Waals surface area contributed by atoms with Crippen molar-refractivity contribution in [3.05, 3.63) is 71.3 Å². The summed E-state index contributed by atoms with van der Waals surface area (Å²) in [7, 11) is 0. The minimum atomic E-state index is 0.316. The summed E-state index contributed by atoms with van der Waals surface area (Å²) in [6, 6.07) is 19.4. The zero-order chi connectivity index (χ0) is 18.5. The summed E-state index contributed by atoms with van der Waals surface area (Å²) >= 11 is 0. The summed E-state index contributed by atoms with van der Waals surface area (Å²) in [6.07, 6.45) is 5.35. The minimum Gasteiger partial charge on any atom is -0.338 e. The molecule has 0 aromatic heterocycles. The molecule has 1 fully saturated rings. The van der Waals surface area contributed by atoms with Crippen LogP contribution < -0.4 is 0 Å². The van der Waals surface area contributed by atoms with E-state index < -0.39 is 0 Å². The molecule has 0 unspecified atom stereocenters. The number of hydrogen-bond acceptors (Lipinski definition) is 2. The molecular formula is C24H30N2O. The lowest BCUT2D eigenvalue weighted by atomic mass is 9.90. The van der Waals surface area contributed by atoms with Gasteiger partial charge in [0.25, 0.3) is 0 Å². The fourth-order valence-corrected chi connectivity index (χ4v) is 4.48. The Hall–Kier alpha value is -2.13. The van der Waals surface area contributed by atoms with E-state index in [0.29, 0.717) is 12.3 Å². The number of benzene rings is 2. The lowest BCUT2D eigenvalue weighted by Gasteiger charge is -2.33. The lowest BCUT2D eigenvalue weighted by Crippen LogP contribution is -2.40. The summed E-state index contributed by atoms with van der Waals surface area (Å²) < 4.78 is 0. The smallest absolute Gasteiger partial charge is 0.224 e. The van der Waals surface area contributed by atoms with Crippen LogP contribution in [0.1, 0.15) is 36.0 Å². The van der Waals surface area contributed by atoms with Gasteiger partial charge in [0, 0.05) is 26.1 Å². The van der Waals surface area contributed by atoms with Crippen molar-refractivity contribution in [2.75, 3.05) is 26.2 Å². The molecule has 0 aliphatic carbocycles. The molecule has 27 heavy (non-hydrogen) atoms. The molecule has 142 valence electrons. The highest BCUT2D eigenvalue weighted by atomic mass is 16.2. The molecule has 3 nitrogen and oxygen atoms in total. The zero-order valence-corrected chi connectivity index (χ0v) is 16.1. The van der Waals surface area contributed by atoms with E-state index in [-0.39, 0.29) is 0 Å². The first kappa shape index (κ1) is 18.2. The Morgan fingerprint density at radius 3 is 2.37 bits per heavy atom. The largest absolute Gasteiger partial charge is 0.338 e. The number of rotatable bonds is 5. The van der Waals surface area contributed by atoms with Crippen LogP contribution in [0.5, 0.6) is 0 Å². The molecule has 2 aliphatic heterocycles. The van der Waals surface area contributed by atoms with Crippen LogP contribution in [0.4, 0.5) is 0 Å². The number of carbonyl (C=O) groups is 1.